The Morgan fingerprint density at radius 1 is 1.06 bits per heavy atom. The number of aromatic amines is 1. The Labute approximate surface area is 177 Å². The molecule has 1 aliphatic rings. The minimum absolute atomic E-state index is 0.0550. The van der Waals surface area contributed by atoms with Crippen LogP contribution in [0.4, 0.5) is 10.7 Å². The van der Waals surface area contributed by atoms with Gasteiger partial charge in [-0.15, -0.1) is 0 Å². The van der Waals surface area contributed by atoms with E-state index in [2.05, 4.69) is 20.6 Å². The fourth-order valence-corrected chi connectivity index (χ4v) is 3.70. The molecule has 1 heterocycles. The van der Waals surface area contributed by atoms with E-state index < -0.39 is 30.4 Å². The van der Waals surface area contributed by atoms with E-state index in [9.17, 15) is 14.4 Å². The van der Waals surface area contributed by atoms with Crippen LogP contribution in [-0.4, -0.2) is 45.7 Å². The molecule has 0 spiro atoms. The lowest BCUT2D eigenvalue weighted by Crippen LogP contribution is -2.45. The monoisotopic (exact) mass is 420 g/mol. The van der Waals surface area contributed by atoms with Crippen LogP contribution in [0.15, 0.2) is 60.9 Å². The van der Waals surface area contributed by atoms with Gasteiger partial charge in [-0.2, -0.15) is 0 Å². The van der Waals surface area contributed by atoms with Crippen LogP contribution in [0.3, 0.4) is 0 Å². The fraction of sp³-hybridized carbons (Fsp3) is 0.182. The number of benzene rings is 2. The van der Waals surface area contributed by atoms with E-state index in [0.717, 1.165) is 22.3 Å². The number of aliphatic carboxylic acids is 1. The molecule has 1 atom stereocenters. The molecule has 0 aliphatic heterocycles. The fourth-order valence-electron chi connectivity index (χ4n) is 3.70. The van der Waals surface area contributed by atoms with Crippen LogP contribution in [0, 0.1) is 0 Å². The Bertz CT molecular complexity index is 1070. The Morgan fingerprint density at radius 3 is 2.29 bits per heavy atom. The summed E-state index contributed by atoms with van der Waals surface area (Å²) in [5.41, 5.74) is 4.28. The Hall–Kier alpha value is -4.14. The molecule has 0 radical (unpaired) electrons. The quantitative estimate of drug-likeness (QED) is 0.464. The largest absolute Gasteiger partial charge is 0.481 e. The van der Waals surface area contributed by atoms with Crippen molar-refractivity contribution in [1.29, 1.82) is 0 Å². The standard InChI is InChI=1S/C22H20N4O5/c27-19(28)11-18(20(29)26-21-23-9-10-24-21)25-22(30)31-12-17-15-7-3-1-5-13(15)14-6-2-4-8-16(14)17/h1-10,17-18H,11-12H2,(H,25,30)(H,27,28)(H2,23,24,26,29). The number of amides is 2. The molecule has 9 heteroatoms. The van der Waals surface area contributed by atoms with Crippen LogP contribution in [0.5, 0.6) is 0 Å². The molecule has 1 aliphatic carbocycles. The van der Waals surface area contributed by atoms with Gasteiger partial charge >= 0.3 is 12.1 Å². The molecule has 0 fully saturated rings. The molecule has 1 unspecified atom stereocenters. The number of carboxylic acids is 1. The third-order valence-electron chi connectivity index (χ3n) is 5.07. The van der Waals surface area contributed by atoms with Gasteiger partial charge in [-0.3, -0.25) is 14.9 Å². The second-order valence-corrected chi connectivity index (χ2v) is 7.05. The molecule has 31 heavy (non-hydrogen) atoms. The number of aromatic nitrogens is 2. The highest BCUT2D eigenvalue weighted by molar-refractivity contribution is 5.97. The maximum absolute atomic E-state index is 12.4. The van der Waals surface area contributed by atoms with E-state index in [0.29, 0.717) is 0 Å². The number of carbonyl (C=O) groups excluding carboxylic acids is 2. The highest BCUT2D eigenvalue weighted by Gasteiger charge is 2.30. The summed E-state index contributed by atoms with van der Waals surface area (Å²) in [5.74, 6) is -1.95. The number of H-pyrrole nitrogens is 1. The van der Waals surface area contributed by atoms with Crippen LogP contribution >= 0.6 is 0 Å². The van der Waals surface area contributed by atoms with Crippen molar-refractivity contribution < 1.29 is 24.2 Å². The van der Waals surface area contributed by atoms with Crippen molar-refractivity contribution in [2.45, 2.75) is 18.4 Å². The van der Waals surface area contributed by atoms with Crippen molar-refractivity contribution in [1.82, 2.24) is 15.3 Å². The molecular weight excluding hydrogens is 400 g/mol. The van der Waals surface area contributed by atoms with Crippen LogP contribution in [0.25, 0.3) is 11.1 Å². The SMILES string of the molecule is O=C(O)CC(NC(=O)OCC1c2ccccc2-c2ccccc21)C(=O)Nc1ncc[nH]1. The topological polar surface area (TPSA) is 133 Å². The minimum atomic E-state index is -1.32. The normalized spacial score (nSPS) is 13.0. The number of ether oxygens (including phenoxy) is 1. The molecule has 2 aromatic carbocycles. The summed E-state index contributed by atoms with van der Waals surface area (Å²) in [4.78, 5) is 42.4. The number of nitrogens with one attached hydrogen (secondary N) is 3. The third-order valence-corrected chi connectivity index (χ3v) is 5.07. The van der Waals surface area contributed by atoms with E-state index in [-0.39, 0.29) is 18.5 Å². The summed E-state index contributed by atoms with van der Waals surface area (Å²) < 4.78 is 5.39. The van der Waals surface area contributed by atoms with Crippen molar-refractivity contribution in [3.8, 4) is 11.1 Å². The van der Waals surface area contributed by atoms with Crippen molar-refractivity contribution in [3.05, 3.63) is 72.1 Å². The van der Waals surface area contributed by atoms with Crippen LogP contribution in [0.2, 0.25) is 0 Å². The number of carboxylic acid groups (broad SMARTS) is 1. The second kappa shape index (κ2) is 8.70. The van der Waals surface area contributed by atoms with E-state index in [1.807, 2.05) is 48.5 Å². The predicted molar refractivity (Wildman–Crippen MR) is 111 cm³/mol. The summed E-state index contributed by atoms with van der Waals surface area (Å²) in [6.45, 7) is 0.0550. The van der Waals surface area contributed by atoms with Gasteiger partial charge in [-0.25, -0.2) is 9.78 Å². The number of hydrogen-bond donors (Lipinski definition) is 4. The first-order chi connectivity index (χ1) is 15.0. The first kappa shape index (κ1) is 20.1. The van der Waals surface area contributed by atoms with E-state index in [1.54, 1.807) is 0 Å². The molecular formula is C22H20N4O5. The first-order valence-electron chi connectivity index (χ1n) is 9.66. The lowest BCUT2D eigenvalue weighted by atomic mass is 9.98. The molecule has 0 saturated heterocycles. The molecule has 3 aromatic rings. The summed E-state index contributed by atoms with van der Waals surface area (Å²) >= 11 is 0. The Kier molecular flexibility index (Phi) is 5.65. The van der Waals surface area contributed by atoms with Gasteiger partial charge in [0.25, 0.3) is 0 Å². The van der Waals surface area contributed by atoms with E-state index in [1.165, 1.54) is 12.4 Å². The number of alkyl carbamates (subject to hydrolysis) is 1. The van der Waals surface area contributed by atoms with Gasteiger partial charge in [0.15, 0.2) is 0 Å². The predicted octanol–water partition coefficient (Wildman–Crippen LogP) is 2.73. The molecule has 9 nitrogen and oxygen atoms in total. The average molecular weight is 420 g/mol. The van der Waals surface area contributed by atoms with Gasteiger partial charge in [0.1, 0.15) is 12.6 Å². The molecule has 2 amide bonds. The number of rotatable bonds is 7. The molecule has 158 valence electrons. The summed E-state index contributed by atoms with van der Waals surface area (Å²) in [5, 5.41) is 13.9. The van der Waals surface area contributed by atoms with Gasteiger partial charge in [0.05, 0.1) is 6.42 Å². The smallest absolute Gasteiger partial charge is 0.407 e. The van der Waals surface area contributed by atoms with Crippen molar-refractivity contribution in [2.75, 3.05) is 11.9 Å². The average Bonchev–Trinajstić information content (AvgIpc) is 3.37. The number of anilines is 1. The zero-order chi connectivity index (χ0) is 21.8. The summed E-state index contributed by atoms with van der Waals surface area (Å²) in [6.07, 6.45) is 1.46. The van der Waals surface area contributed by atoms with E-state index in [4.69, 9.17) is 9.84 Å². The third kappa shape index (κ3) is 4.40. The summed E-state index contributed by atoms with van der Waals surface area (Å²) in [6, 6.07) is 14.5. The zero-order valence-corrected chi connectivity index (χ0v) is 16.4. The van der Waals surface area contributed by atoms with Crippen molar-refractivity contribution in [3.63, 3.8) is 0 Å². The highest BCUT2D eigenvalue weighted by Crippen LogP contribution is 2.44. The number of nitrogens with zero attached hydrogens (tertiary/aromatic N) is 1. The van der Waals surface area contributed by atoms with Crippen molar-refractivity contribution in [2.24, 2.45) is 0 Å². The minimum Gasteiger partial charge on any atom is -0.481 e. The molecule has 0 bridgehead atoms. The molecule has 1 aromatic heterocycles. The molecule has 4 N–H and O–H groups in total. The van der Waals surface area contributed by atoms with Gasteiger partial charge in [-0.1, -0.05) is 48.5 Å². The van der Waals surface area contributed by atoms with Gasteiger partial charge < -0.3 is 20.1 Å². The highest BCUT2D eigenvalue weighted by atomic mass is 16.5. The zero-order valence-electron chi connectivity index (χ0n) is 16.4. The van der Waals surface area contributed by atoms with Crippen LogP contribution < -0.4 is 10.6 Å². The van der Waals surface area contributed by atoms with Crippen LogP contribution in [-0.2, 0) is 14.3 Å². The number of fused-ring (bicyclic) bond motifs is 3. The van der Waals surface area contributed by atoms with Gasteiger partial charge in [0.2, 0.25) is 11.9 Å². The van der Waals surface area contributed by atoms with E-state index >= 15 is 0 Å². The second-order valence-electron chi connectivity index (χ2n) is 7.05. The first-order valence-corrected chi connectivity index (χ1v) is 9.66. The molecule has 0 saturated carbocycles. The van der Waals surface area contributed by atoms with Crippen LogP contribution in [0.1, 0.15) is 23.5 Å². The van der Waals surface area contributed by atoms with Crippen molar-refractivity contribution >= 4 is 23.9 Å². The lowest BCUT2D eigenvalue weighted by molar-refractivity contribution is -0.139. The van der Waals surface area contributed by atoms with Gasteiger partial charge in [-0.05, 0) is 22.3 Å². The maximum atomic E-state index is 12.4. The Morgan fingerprint density at radius 2 is 1.71 bits per heavy atom. The number of carbonyl (C=O) groups is 3. The maximum Gasteiger partial charge on any atom is 0.407 e. The number of hydrogen-bond acceptors (Lipinski definition) is 5. The molecule has 4 rings (SSSR count). The number of imidazole rings is 1. The Balaban J connectivity index is 1.43. The van der Waals surface area contributed by atoms with Gasteiger partial charge in [0, 0.05) is 18.3 Å². The lowest BCUT2D eigenvalue weighted by Gasteiger charge is -2.18. The summed E-state index contributed by atoms with van der Waals surface area (Å²) in [7, 11) is 0.